The van der Waals surface area contributed by atoms with Crippen LogP contribution in [0.3, 0.4) is 0 Å². The molecule has 14 N–H and O–H groups in total. The fraction of sp³-hybridized carbons (Fsp3) is 0.929. The average molecular weight is 684 g/mol. The van der Waals surface area contributed by atoms with Crippen LogP contribution in [0.25, 0.3) is 0 Å². The lowest BCUT2D eigenvalue weighted by atomic mass is 9.92. The van der Waals surface area contributed by atoms with Crippen LogP contribution in [-0.2, 0) is 38.0 Å². The lowest BCUT2D eigenvalue weighted by molar-refractivity contribution is -0.346. The smallest absolute Gasteiger partial charge is 0.237 e. The van der Waals surface area contributed by atoms with Crippen LogP contribution in [0.1, 0.15) is 33.1 Å². The van der Waals surface area contributed by atoms with Crippen molar-refractivity contribution >= 4 is 11.8 Å². The van der Waals surface area contributed by atoms with Gasteiger partial charge in [-0.05, 0) is 26.3 Å². The fourth-order valence-electron chi connectivity index (χ4n) is 6.12. The summed E-state index contributed by atoms with van der Waals surface area (Å²) in [5.41, 5.74) is 17.8. The van der Waals surface area contributed by atoms with Gasteiger partial charge in [-0.25, -0.2) is 0 Å². The molecule has 3 rings (SSSR count). The van der Waals surface area contributed by atoms with E-state index in [2.05, 4.69) is 10.6 Å². The molecule has 3 aliphatic heterocycles. The number of amides is 2. The second-order valence-corrected chi connectivity index (χ2v) is 12.1. The summed E-state index contributed by atoms with van der Waals surface area (Å²) >= 11 is 0. The number of hydrogen-bond acceptors (Lipinski definition) is 17. The highest BCUT2D eigenvalue weighted by atomic mass is 16.7. The first kappa shape index (κ1) is 39.8. The van der Waals surface area contributed by atoms with Crippen molar-refractivity contribution in [2.75, 3.05) is 33.5 Å². The van der Waals surface area contributed by atoms with Crippen molar-refractivity contribution in [2.24, 2.45) is 17.2 Å². The first-order valence-electron chi connectivity index (χ1n) is 15.8. The Labute approximate surface area is 272 Å². The quantitative estimate of drug-likeness (QED) is 0.0715. The van der Waals surface area contributed by atoms with Crippen LogP contribution in [0.15, 0.2) is 0 Å². The van der Waals surface area contributed by atoms with Gasteiger partial charge in [0.25, 0.3) is 0 Å². The lowest BCUT2D eigenvalue weighted by Crippen LogP contribution is -2.71. The molecule has 0 aromatic carbocycles. The zero-order valence-corrected chi connectivity index (χ0v) is 26.9. The van der Waals surface area contributed by atoms with E-state index in [1.165, 1.54) is 14.0 Å². The highest BCUT2D eigenvalue weighted by molar-refractivity contribution is 5.81. The minimum absolute atomic E-state index is 0.265. The van der Waals surface area contributed by atoms with Crippen molar-refractivity contribution in [3.8, 4) is 0 Å². The van der Waals surface area contributed by atoms with Crippen molar-refractivity contribution in [3.63, 3.8) is 0 Å². The molecule has 274 valence electrons. The van der Waals surface area contributed by atoms with E-state index in [4.69, 9.17) is 45.6 Å². The van der Waals surface area contributed by atoms with E-state index in [0.717, 1.165) is 0 Å². The number of carbonyl (C=O) groups is 2. The Bertz CT molecular complexity index is 986. The minimum Gasteiger partial charge on any atom is -0.394 e. The van der Waals surface area contributed by atoms with Crippen LogP contribution < -0.4 is 27.8 Å². The number of carbonyl (C=O) groups excluding carboxylic acids is 2. The zero-order valence-electron chi connectivity index (χ0n) is 26.9. The van der Waals surface area contributed by atoms with Gasteiger partial charge in [0.2, 0.25) is 11.8 Å². The first-order chi connectivity index (χ1) is 22.3. The van der Waals surface area contributed by atoms with E-state index in [9.17, 15) is 40.2 Å². The number of aliphatic hydroxyl groups is 6. The fourth-order valence-corrected chi connectivity index (χ4v) is 6.12. The summed E-state index contributed by atoms with van der Waals surface area (Å²) in [6, 6.07) is -4.69. The van der Waals surface area contributed by atoms with Crippen LogP contribution >= 0.6 is 0 Å². The molecule has 0 aliphatic carbocycles. The Kier molecular flexibility index (Phi) is 15.5. The summed E-state index contributed by atoms with van der Waals surface area (Å²) < 4.78 is 34.8. The van der Waals surface area contributed by atoms with E-state index in [1.807, 2.05) is 0 Å². The largest absolute Gasteiger partial charge is 0.394 e. The molecular weight excluding hydrogens is 630 g/mol. The first-order valence-corrected chi connectivity index (χ1v) is 15.8. The Balaban J connectivity index is 1.91. The predicted molar refractivity (Wildman–Crippen MR) is 160 cm³/mol. The number of methoxy groups -OCH3 is 1. The number of unbranched alkanes of at least 4 members (excludes halogenated alkanes) is 1. The van der Waals surface area contributed by atoms with Gasteiger partial charge in [-0.3, -0.25) is 9.59 Å². The number of nitrogens with one attached hydrogen (secondary N) is 2. The Morgan fingerprint density at radius 1 is 0.809 bits per heavy atom. The van der Waals surface area contributed by atoms with Gasteiger partial charge in [0.1, 0.15) is 61.0 Å². The molecule has 2 amide bonds. The minimum atomic E-state index is -1.72. The van der Waals surface area contributed by atoms with E-state index in [-0.39, 0.29) is 6.42 Å². The Morgan fingerprint density at radius 2 is 1.34 bits per heavy atom. The number of nitrogens with two attached hydrogens (primary N) is 3. The molecule has 19 heteroatoms. The maximum atomic E-state index is 13.2. The van der Waals surface area contributed by atoms with Crippen LogP contribution in [-0.4, -0.2) is 174 Å². The molecule has 16 atom stereocenters. The molecule has 3 heterocycles. The molecule has 19 nitrogen and oxygen atoms in total. The third kappa shape index (κ3) is 9.53. The van der Waals surface area contributed by atoms with E-state index >= 15 is 0 Å². The van der Waals surface area contributed by atoms with Crippen molar-refractivity contribution in [2.45, 2.75) is 131 Å². The maximum Gasteiger partial charge on any atom is 0.237 e. The number of rotatable bonds is 15. The Morgan fingerprint density at radius 3 is 1.89 bits per heavy atom. The van der Waals surface area contributed by atoms with Gasteiger partial charge < -0.3 is 86.9 Å². The molecule has 47 heavy (non-hydrogen) atoms. The van der Waals surface area contributed by atoms with E-state index < -0.39 is 129 Å². The molecule has 0 aromatic heterocycles. The monoisotopic (exact) mass is 683 g/mol. The van der Waals surface area contributed by atoms with Crippen LogP contribution in [0, 0.1) is 0 Å². The highest BCUT2D eigenvalue weighted by Gasteiger charge is 2.54. The third-order valence-electron chi connectivity index (χ3n) is 8.74. The predicted octanol–water partition coefficient (Wildman–Crippen LogP) is -6.16. The van der Waals surface area contributed by atoms with E-state index in [1.54, 1.807) is 6.92 Å². The standard InChI is InChI=1S/C28H53N5O14/c1-11-18(32-12(2)37)21(39)24(15(9-35)43-11)47-28-19(33-26(41)13(30)6-4-5-7-29)22(40)25(16(10-36)45-28)46-27-17(31)20(38)23(42-3)14(8-34)44-27/h11,13-25,27-28,34-36,38-40H,4-10,29-31H2,1-3H3,(H,32,37)(H,33,41)/t11?,13-,14?,15?,16?,17?,18?,19?,20?,21?,22?,23?,24?,25?,27?,28?/m0/s1. The van der Waals surface area contributed by atoms with Gasteiger partial charge in [0.15, 0.2) is 12.6 Å². The van der Waals surface area contributed by atoms with Crippen LogP contribution in [0.4, 0.5) is 0 Å². The van der Waals surface area contributed by atoms with Gasteiger partial charge in [-0.1, -0.05) is 6.42 Å². The molecular formula is C28H53N5O14. The summed E-state index contributed by atoms with van der Waals surface area (Å²) in [5.74, 6) is -1.16. The molecule has 0 radical (unpaired) electrons. The van der Waals surface area contributed by atoms with E-state index in [0.29, 0.717) is 19.4 Å². The molecule has 3 fully saturated rings. The summed E-state index contributed by atoms with van der Waals surface area (Å²) in [6.45, 7) is 1.31. The second-order valence-electron chi connectivity index (χ2n) is 12.1. The molecule has 15 unspecified atom stereocenters. The molecule has 3 aliphatic rings. The van der Waals surface area contributed by atoms with Gasteiger partial charge in [-0.15, -0.1) is 0 Å². The van der Waals surface area contributed by atoms with Crippen molar-refractivity contribution in [1.82, 2.24) is 10.6 Å². The van der Waals surface area contributed by atoms with Crippen LogP contribution in [0.5, 0.6) is 0 Å². The summed E-state index contributed by atoms with van der Waals surface area (Å²) in [4.78, 5) is 25.1. The lowest BCUT2D eigenvalue weighted by Gasteiger charge is -2.50. The van der Waals surface area contributed by atoms with Crippen molar-refractivity contribution < 1.29 is 68.6 Å². The zero-order chi connectivity index (χ0) is 35.0. The second kappa shape index (κ2) is 18.4. The van der Waals surface area contributed by atoms with Gasteiger partial charge in [0.05, 0.1) is 44.1 Å². The SMILES string of the molecule is COC1C(CO)OC(OC2C(CO)OC(OC3C(CO)OC(C)C(NC(C)=O)C3O)C(NC(=O)[C@@H](N)CCCCN)C2O)C(N)C1O. The molecule has 0 aromatic rings. The van der Waals surface area contributed by atoms with Gasteiger partial charge >= 0.3 is 0 Å². The molecule has 3 saturated heterocycles. The molecule has 0 bridgehead atoms. The van der Waals surface area contributed by atoms with Crippen LogP contribution in [0.2, 0.25) is 0 Å². The topological polar surface area (TPSA) is 313 Å². The van der Waals surface area contributed by atoms with Gasteiger partial charge in [-0.2, -0.15) is 0 Å². The normalized spacial score (nSPS) is 41.7. The maximum absolute atomic E-state index is 13.2. The number of aliphatic hydroxyl groups excluding tert-OH is 6. The molecule has 0 saturated carbocycles. The highest BCUT2D eigenvalue weighted by Crippen LogP contribution is 2.32. The average Bonchev–Trinajstić information content (AvgIpc) is 3.04. The Hall–Kier alpha value is -1.66. The summed E-state index contributed by atoms with van der Waals surface area (Å²) in [7, 11) is 1.30. The number of ether oxygens (including phenoxy) is 6. The molecule has 0 spiro atoms. The number of hydrogen-bond donors (Lipinski definition) is 11. The summed E-state index contributed by atoms with van der Waals surface area (Å²) in [6.07, 6.45) is -14.2. The van der Waals surface area contributed by atoms with Crippen molar-refractivity contribution in [3.05, 3.63) is 0 Å². The van der Waals surface area contributed by atoms with Gasteiger partial charge in [0, 0.05) is 14.0 Å². The third-order valence-corrected chi connectivity index (χ3v) is 8.74. The van der Waals surface area contributed by atoms with Crippen molar-refractivity contribution in [1.29, 1.82) is 0 Å². The summed E-state index contributed by atoms with van der Waals surface area (Å²) in [5, 5.41) is 69.0.